The molecule has 0 aliphatic carbocycles. The largest absolute Gasteiger partial charge is 0.497 e. The summed E-state index contributed by atoms with van der Waals surface area (Å²) >= 11 is 2.10. The number of halogens is 1. The topological polar surface area (TPSA) is 89.8 Å². The summed E-state index contributed by atoms with van der Waals surface area (Å²) in [7, 11) is 3.04. The van der Waals surface area contributed by atoms with Gasteiger partial charge in [0.15, 0.2) is 0 Å². The first-order valence-corrected chi connectivity index (χ1v) is 10.7. The summed E-state index contributed by atoms with van der Waals surface area (Å²) in [6.07, 6.45) is 0. The Labute approximate surface area is 197 Å². The maximum atomic E-state index is 13.2. The van der Waals surface area contributed by atoms with Gasteiger partial charge in [0.25, 0.3) is 11.8 Å². The Kier molecular flexibility index (Phi) is 6.31. The van der Waals surface area contributed by atoms with Crippen molar-refractivity contribution in [3.05, 3.63) is 81.6 Å². The number of ether oxygens (including phenoxy) is 2. The average Bonchev–Trinajstić information content (AvgIpc) is 3.18. The first kappa shape index (κ1) is 21.7. The van der Waals surface area contributed by atoms with Crippen LogP contribution in [0, 0.1) is 3.57 Å². The zero-order chi connectivity index (χ0) is 22.7. The van der Waals surface area contributed by atoms with Gasteiger partial charge in [-0.15, -0.1) is 0 Å². The van der Waals surface area contributed by atoms with Crippen LogP contribution in [-0.4, -0.2) is 26.0 Å². The van der Waals surface area contributed by atoms with Crippen LogP contribution in [0.25, 0.3) is 11.0 Å². The van der Waals surface area contributed by atoms with E-state index in [-0.39, 0.29) is 11.7 Å². The highest BCUT2D eigenvalue weighted by Crippen LogP contribution is 2.34. The maximum absolute atomic E-state index is 13.2. The number of hydrogen-bond donors (Lipinski definition) is 2. The molecule has 7 nitrogen and oxygen atoms in total. The van der Waals surface area contributed by atoms with Gasteiger partial charge in [-0.3, -0.25) is 9.59 Å². The molecule has 0 radical (unpaired) electrons. The molecule has 2 amide bonds. The Hall–Kier alpha value is -3.53. The number of hydrogen-bond acceptors (Lipinski definition) is 5. The standard InChI is InChI=1S/C24H19IN2O5/c1-30-14-11-12-18(20(13-14)31-2)26-24(29)22-21(16-8-4-6-10-19(16)32-22)27-23(28)15-7-3-5-9-17(15)25/h3-13H,1-2H3,(H,26,29)(H,27,28). The molecule has 0 aliphatic heterocycles. The molecule has 0 unspecified atom stereocenters. The van der Waals surface area contributed by atoms with E-state index in [4.69, 9.17) is 13.9 Å². The van der Waals surface area contributed by atoms with E-state index in [1.165, 1.54) is 7.11 Å². The molecular formula is C24H19IN2O5. The number of anilines is 2. The molecule has 1 aromatic heterocycles. The summed E-state index contributed by atoms with van der Waals surface area (Å²) in [5.41, 5.74) is 1.72. The van der Waals surface area contributed by atoms with Crippen LogP contribution in [0.15, 0.2) is 71.1 Å². The molecule has 0 atom stereocenters. The fourth-order valence-electron chi connectivity index (χ4n) is 3.24. The van der Waals surface area contributed by atoms with E-state index in [2.05, 4.69) is 33.2 Å². The first-order chi connectivity index (χ1) is 15.5. The lowest BCUT2D eigenvalue weighted by molar-refractivity contribution is 0.0999. The summed E-state index contributed by atoms with van der Waals surface area (Å²) in [6.45, 7) is 0. The van der Waals surface area contributed by atoms with Crippen molar-refractivity contribution in [2.75, 3.05) is 24.9 Å². The van der Waals surface area contributed by atoms with Crippen molar-refractivity contribution < 1.29 is 23.5 Å². The molecule has 1 heterocycles. The molecule has 0 saturated heterocycles. The molecule has 4 aromatic rings. The molecule has 0 aliphatic rings. The summed E-state index contributed by atoms with van der Waals surface area (Å²) in [5, 5.41) is 6.27. The fourth-order valence-corrected chi connectivity index (χ4v) is 3.87. The van der Waals surface area contributed by atoms with Crippen molar-refractivity contribution >= 4 is 56.7 Å². The number of nitrogens with one attached hydrogen (secondary N) is 2. The third-order valence-electron chi connectivity index (χ3n) is 4.82. The predicted octanol–water partition coefficient (Wildman–Crippen LogP) is 5.56. The molecule has 0 spiro atoms. The Bertz CT molecular complexity index is 1310. The molecule has 4 rings (SSSR count). The van der Waals surface area contributed by atoms with E-state index >= 15 is 0 Å². The Morgan fingerprint density at radius 1 is 0.875 bits per heavy atom. The van der Waals surface area contributed by atoms with E-state index in [1.807, 2.05) is 18.2 Å². The van der Waals surface area contributed by atoms with Gasteiger partial charge in [-0.05, 0) is 59.0 Å². The highest BCUT2D eigenvalue weighted by atomic mass is 127. The number of amides is 2. The van der Waals surface area contributed by atoms with Gasteiger partial charge in [-0.1, -0.05) is 24.3 Å². The zero-order valence-electron chi connectivity index (χ0n) is 17.3. The number of carbonyl (C=O) groups excluding carboxylic acids is 2. The van der Waals surface area contributed by atoms with E-state index in [0.717, 1.165) is 3.57 Å². The number of benzene rings is 3. The minimum Gasteiger partial charge on any atom is -0.497 e. The van der Waals surface area contributed by atoms with Gasteiger partial charge >= 0.3 is 0 Å². The highest BCUT2D eigenvalue weighted by molar-refractivity contribution is 14.1. The summed E-state index contributed by atoms with van der Waals surface area (Å²) < 4.78 is 17.2. The second-order valence-electron chi connectivity index (χ2n) is 6.76. The number of rotatable bonds is 6. The smallest absolute Gasteiger partial charge is 0.293 e. The Morgan fingerprint density at radius 2 is 1.62 bits per heavy atom. The summed E-state index contributed by atoms with van der Waals surface area (Å²) in [4.78, 5) is 26.1. The predicted molar refractivity (Wildman–Crippen MR) is 131 cm³/mol. The molecule has 8 heteroatoms. The monoisotopic (exact) mass is 542 g/mol. The molecule has 0 fully saturated rings. The average molecular weight is 542 g/mol. The van der Waals surface area contributed by atoms with Gasteiger partial charge in [-0.25, -0.2) is 0 Å². The van der Waals surface area contributed by atoms with Gasteiger partial charge in [0.1, 0.15) is 22.8 Å². The van der Waals surface area contributed by atoms with E-state index < -0.39 is 5.91 Å². The lowest BCUT2D eigenvalue weighted by atomic mass is 10.1. The van der Waals surface area contributed by atoms with Crippen LogP contribution >= 0.6 is 22.6 Å². The van der Waals surface area contributed by atoms with Crippen LogP contribution in [0.5, 0.6) is 11.5 Å². The molecule has 0 bridgehead atoms. The quantitative estimate of drug-likeness (QED) is 0.312. The van der Waals surface area contributed by atoms with Crippen LogP contribution in [0.4, 0.5) is 11.4 Å². The Balaban J connectivity index is 1.71. The molecule has 2 N–H and O–H groups in total. The molecular weight excluding hydrogens is 523 g/mol. The van der Waals surface area contributed by atoms with Gasteiger partial charge < -0.3 is 24.5 Å². The SMILES string of the molecule is COc1ccc(NC(=O)c2oc3ccccc3c2NC(=O)c2ccccc2I)c(OC)c1. The van der Waals surface area contributed by atoms with Crippen molar-refractivity contribution in [1.82, 2.24) is 0 Å². The van der Waals surface area contributed by atoms with Crippen LogP contribution in [0.3, 0.4) is 0 Å². The fraction of sp³-hybridized carbons (Fsp3) is 0.0833. The van der Waals surface area contributed by atoms with E-state index in [9.17, 15) is 9.59 Å². The van der Waals surface area contributed by atoms with Crippen LogP contribution < -0.4 is 20.1 Å². The minimum absolute atomic E-state index is 0.0108. The molecule has 3 aromatic carbocycles. The summed E-state index contributed by atoms with van der Waals surface area (Å²) in [5.74, 6) is 0.149. The molecule has 162 valence electrons. The number of methoxy groups -OCH3 is 2. The number of fused-ring (bicyclic) bond motifs is 1. The van der Waals surface area contributed by atoms with Crippen LogP contribution in [-0.2, 0) is 0 Å². The number of para-hydroxylation sites is 1. The third kappa shape index (κ3) is 4.26. The minimum atomic E-state index is -0.525. The van der Waals surface area contributed by atoms with Crippen molar-refractivity contribution in [2.45, 2.75) is 0 Å². The van der Waals surface area contributed by atoms with Crippen LogP contribution in [0.2, 0.25) is 0 Å². The Morgan fingerprint density at radius 3 is 2.38 bits per heavy atom. The second-order valence-corrected chi connectivity index (χ2v) is 7.92. The molecule has 0 saturated carbocycles. The highest BCUT2D eigenvalue weighted by Gasteiger charge is 2.24. The zero-order valence-corrected chi connectivity index (χ0v) is 19.4. The molecule has 32 heavy (non-hydrogen) atoms. The van der Waals surface area contributed by atoms with Gasteiger partial charge in [0.2, 0.25) is 5.76 Å². The lowest BCUT2D eigenvalue weighted by Gasteiger charge is -2.12. The van der Waals surface area contributed by atoms with Crippen molar-refractivity contribution in [2.24, 2.45) is 0 Å². The van der Waals surface area contributed by atoms with Crippen molar-refractivity contribution in [3.8, 4) is 11.5 Å². The van der Waals surface area contributed by atoms with Gasteiger partial charge in [-0.2, -0.15) is 0 Å². The van der Waals surface area contributed by atoms with E-state index in [0.29, 0.717) is 39.4 Å². The van der Waals surface area contributed by atoms with Crippen molar-refractivity contribution in [3.63, 3.8) is 0 Å². The normalized spacial score (nSPS) is 10.6. The number of furan rings is 1. The van der Waals surface area contributed by atoms with Crippen molar-refractivity contribution in [1.29, 1.82) is 0 Å². The maximum Gasteiger partial charge on any atom is 0.293 e. The third-order valence-corrected chi connectivity index (χ3v) is 5.76. The summed E-state index contributed by atoms with van der Waals surface area (Å²) in [6, 6.07) is 19.4. The number of carbonyl (C=O) groups is 2. The van der Waals surface area contributed by atoms with E-state index in [1.54, 1.807) is 55.6 Å². The van der Waals surface area contributed by atoms with Crippen LogP contribution in [0.1, 0.15) is 20.9 Å². The van der Waals surface area contributed by atoms with Gasteiger partial charge in [0, 0.05) is 15.0 Å². The second kappa shape index (κ2) is 9.31. The lowest BCUT2D eigenvalue weighted by Crippen LogP contribution is -2.18. The first-order valence-electron chi connectivity index (χ1n) is 9.62. The van der Waals surface area contributed by atoms with Gasteiger partial charge in [0.05, 0.1) is 25.5 Å².